The number of carbonyl (C=O) groups is 1. The van der Waals surface area contributed by atoms with E-state index in [2.05, 4.69) is 39.8 Å². The number of hydrogen-bond acceptors (Lipinski definition) is 4. The Hall–Kier alpha value is -3.94. The van der Waals surface area contributed by atoms with E-state index >= 15 is 0 Å². The van der Waals surface area contributed by atoms with Crippen molar-refractivity contribution in [1.29, 1.82) is 5.41 Å². The first-order valence-electron chi connectivity index (χ1n) is 11.4. The Morgan fingerprint density at radius 2 is 1.78 bits per heavy atom. The number of aliphatic imine (C=N–C) groups is 1. The van der Waals surface area contributed by atoms with Gasteiger partial charge in [-0.25, -0.2) is 0 Å². The summed E-state index contributed by atoms with van der Waals surface area (Å²) in [6.45, 7) is 2.81. The number of nitrogens with zero attached hydrogens (tertiary/aromatic N) is 4. The van der Waals surface area contributed by atoms with Crippen LogP contribution < -0.4 is 0 Å². The number of thioether (sulfide) groups is 1. The van der Waals surface area contributed by atoms with E-state index in [1.807, 2.05) is 54.7 Å². The number of benzene rings is 3. The maximum absolute atomic E-state index is 13.0. The predicted octanol–water partition coefficient (Wildman–Crippen LogP) is 6.32. The number of fused-ring (bicyclic) bond motifs is 2. The van der Waals surface area contributed by atoms with Gasteiger partial charge >= 0.3 is 0 Å². The molecule has 3 heterocycles. The molecule has 6 nitrogen and oxygen atoms in total. The summed E-state index contributed by atoms with van der Waals surface area (Å²) < 4.78 is 2.18. The summed E-state index contributed by atoms with van der Waals surface area (Å²) in [5.41, 5.74) is 5.30. The minimum Gasteiger partial charge on any atom is -0.342 e. The quantitative estimate of drug-likeness (QED) is 0.327. The van der Waals surface area contributed by atoms with Crippen molar-refractivity contribution in [2.24, 2.45) is 10.1 Å². The van der Waals surface area contributed by atoms with Crippen LogP contribution in [0.25, 0.3) is 17.0 Å². The van der Waals surface area contributed by atoms with E-state index in [0.717, 1.165) is 22.0 Å². The Morgan fingerprint density at radius 3 is 2.61 bits per heavy atom. The molecule has 0 atom stereocenters. The van der Waals surface area contributed by atoms with Gasteiger partial charge in [-0.1, -0.05) is 72.3 Å². The van der Waals surface area contributed by atoms with Crippen LogP contribution in [0.15, 0.2) is 94.7 Å². The van der Waals surface area contributed by atoms with Crippen LogP contribution in [0.2, 0.25) is 5.02 Å². The van der Waals surface area contributed by atoms with Gasteiger partial charge in [-0.15, -0.1) is 0 Å². The van der Waals surface area contributed by atoms with Crippen LogP contribution in [0.1, 0.15) is 22.3 Å². The molecular weight excluding hydrogens is 490 g/mol. The van der Waals surface area contributed by atoms with Gasteiger partial charge in [0.2, 0.25) is 5.17 Å². The lowest BCUT2D eigenvalue weighted by atomic mass is 10.1. The molecule has 0 saturated carbocycles. The van der Waals surface area contributed by atoms with Crippen LogP contribution in [0.5, 0.6) is 0 Å². The highest BCUT2D eigenvalue weighted by Gasteiger charge is 2.36. The van der Waals surface area contributed by atoms with E-state index in [-0.39, 0.29) is 11.4 Å². The molecule has 0 saturated heterocycles. The van der Waals surface area contributed by atoms with Gasteiger partial charge in [0.05, 0.1) is 10.6 Å². The van der Waals surface area contributed by atoms with Crippen LogP contribution in [-0.2, 0) is 11.3 Å². The third-order valence-corrected chi connectivity index (χ3v) is 7.55. The normalized spacial score (nSPS) is 16.5. The molecule has 0 aliphatic carbocycles. The highest BCUT2D eigenvalue weighted by atomic mass is 35.5. The molecule has 3 aromatic carbocycles. The first kappa shape index (κ1) is 22.5. The fourth-order valence-electron chi connectivity index (χ4n) is 4.38. The number of hydrogen-bond donors (Lipinski definition) is 1. The molecule has 0 fully saturated rings. The standard InChI is InChI=1S/C28H20ClN5OS/c1-17-8-2-3-9-18(17)15-33-16-19(20-10-5-7-13-24(20)33)14-22-25(30)34-28(31-26(22)35)36-27(32-34)21-11-4-6-12-23(21)29/h2-14,16,30H,15H2,1H3. The lowest BCUT2D eigenvalue weighted by molar-refractivity contribution is -0.114. The number of hydrazone groups is 1. The third-order valence-electron chi connectivity index (χ3n) is 6.28. The van der Waals surface area contributed by atoms with Gasteiger partial charge in [0, 0.05) is 34.8 Å². The average molecular weight is 510 g/mol. The van der Waals surface area contributed by atoms with Gasteiger partial charge in [-0.3, -0.25) is 10.2 Å². The van der Waals surface area contributed by atoms with E-state index in [1.54, 1.807) is 12.1 Å². The highest BCUT2D eigenvalue weighted by molar-refractivity contribution is 8.27. The Labute approximate surface area is 217 Å². The molecule has 8 heteroatoms. The first-order chi connectivity index (χ1) is 17.5. The van der Waals surface area contributed by atoms with E-state index in [1.165, 1.54) is 27.9 Å². The second-order valence-corrected chi connectivity index (χ2v) is 9.92. The number of aromatic nitrogens is 1. The summed E-state index contributed by atoms with van der Waals surface area (Å²) in [5, 5.41) is 17.3. The van der Waals surface area contributed by atoms with Crippen molar-refractivity contribution in [1.82, 2.24) is 9.58 Å². The molecule has 0 spiro atoms. The molecule has 0 bridgehead atoms. The summed E-state index contributed by atoms with van der Waals surface area (Å²) in [7, 11) is 0. The first-order valence-corrected chi connectivity index (χ1v) is 12.6. The van der Waals surface area contributed by atoms with Crippen molar-refractivity contribution in [3.05, 3.63) is 112 Å². The van der Waals surface area contributed by atoms with Gasteiger partial charge < -0.3 is 4.57 Å². The van der Waals surface area contributed by atoms with Gasteiger partial charge in [0.1, 0.15) is 5.04 Å². The third kappa shape index (κ3) is 3.86. The van der Waals surface area contributed by atoms with Crippen LogP contribution in [0, 0.1) is 12.3 Å². The molecule has 36 heavy (non-hydrogen) atoms. The molecule has 1 aromatic heterocycles. The summed E-state index contributed by atoms with van der Waals surface area (Å²) in [6, 6.07) is 23.7. The van der Waals surface area contributed by atoms with Gasteiger partial charge in [-0.2, -0.15) is 15.1 Å². The van der Waals surface area contributed by atoms with Crippen LogP contribution in [0.4, 0.5) is 0 Å². The van der Waals surface area contributed by atoms with E-state index in [4.69, 9.17) is 17.0 Å². The van der Waals surface area contributed by atoms with Crippen LogP contribution >= 0.6 is 23.4 Å². The Balaban J connectivity index is 1.39. The lowest BCUT2D eigenvalue weighted by Gasteiger charge is -2.20. The number of amides is 1. The number of carbonyl (C=O) groups excluding carboxylic acids is 1. The van der Waals surface area contributed by atoms with E-state index in [0.29, 0.717) is 21.8 Å². The Morgan fingerprint density at radius 1 is 1.03 bits per heavy atom. The van der Waals surface area contributed by atoms with E-state index < -0.39 is 5.91 Å². The summed E-state index contributed by atoms with van der Waals surface area (Å²) in [4.78, 5) is 17.3. The smallest absolute Gasteiger partial charge is 0.283 e. The second-order valence-electron chi connectivity index (χ2n) is 8.56. The van der Waals surface area contributed by atoms with Crippen molar-refractivity contribution in [2.45, 2.75) is 13.5 Å². The number of para-hydroxylation sites is 1. The molecule has 1 N–H and O–H groups in total. The lowest BCUT2D eigenvalue weighted by Crippen LogP contribution is -2.35. The average Bonchev–Trinajstić information content (AvgIpc) is 3.45. The topological polar surface area (TPSA) is 73.8 Å². The van der Waals surface area contributed by atoms with Gasteiger partial charge in [0.25, 0.3) is 5.91 Å². The zero-order valence-corrected chi connectivity index (χ0v) is 20.8. The van der Waals surface area contributed by atoms with Crippen LogP contribution in [0.3, 0.4) is 0 Å². The molecule has 4 aromatic rings. The maximum Gasteiger partial charge on any atom is 0.283 e. The number of amidine groups is 2. The molecule has 2 aliphatic heterocycles. The van der Waals surface area contributed by atoms with Crippen molar-refractivity contribution in [3.8, 4) is 0 Å². The second kappa shape index (κ2) is 8.93. The molecule has 0 radical (unpaired) electrons. The molecule has 6 rings (SSSR count). The molecule has 176 valence electrons. The Kier molecular flexibility index (Phi) is 5.59. The fourth-order valence-corrected chi connectivity index (χ4v) is 5.59. The molecule has 2 aliphatic rings. The monoisotopic (exact) mass is 509 g/mol. The predicted molar refractivity (Wildman–Crippen MR) is 148 cm³/mol. The van der Waals surface area contributed by atoms with Crippen LogP contribution in [-0.4, -0.2) is 31.5 Å². The number of nitrogens with one attached hydrogen (secondary N) is 1. The minimum atomic E-state index is -0.454. The highest BCUT2D eigenvalue weighted by Crippen LogP contribution is 2.34. The van der Waals surface area contributed by atoms with Gasteiger partial charge in [0.15, 0.2) is 5.84 Å². The summed E-state index contributed by atoms with van der Waals surface area (Å²) in [5.74, 6) is -0.458. The zero-order valence-electron chi connectivity index (χ0n) is 19.3. The van der Waals surface area contributed by atoms with Gasteiger partial charge in [-0.05, 0) is 48.0 Å². The van der Waals surface area contributed by atoms with Crippen molar-refractivity contribution >= 4 is 62.3 Å². The number of halogens is 1. The molecular formula is C28H20ClN5OS. The fraction of sp³-hybridized carbons (Fsp3) is 0.0714. The zero-order chi connectivity index (χ0) is 24.8. The summed E-state index contributed by atoms with van der Waals surface area (Å²) >= 11 is 7.58. The van der Waals surface area contributed by atoms with Crippen molar-refractivity contribution < 1.29 is 4.79 Å². The Bertz CT molecular complexity index is 1670. The maximum atomic E-state index is 13.0. The van der Waals surface area contributed by atoms with Crippen molar-refractivity contribution in [3.63, 3.8) is 0 Å². The van der Waals surface area contributed by atoms with Crippen molar-refractivity contribution in [2.75, 3.05) is 0 Å². The van der Waals surface area contributed by atoms with E-state index in [9.17, 15) is 4.79 Å². The minimum absolute atomic E-state index is 0.00436. The molecule has 0 unspecified atom stereocenters. The number of aryl methyl sites for hydroxylation is 1. The number of rotatable bonds is 4. The SMILES string of the molecule is Cc1ccccc1Cn1cc(C=C2C(=N)N3N=C(c4ccccc4Cl)SC3=NC2=O)c2ccccc21. The summed E-state index contributed by atoms with van der Waals surface area (Å²) in [6.07, 6.45) is 3.77. The largest absolute Gasteiger partial charge is 0.342 e. The molecule has 1 amide bonds.